The molecule has 2 rings (SSSR count). The van der Waals surface area contributed by atoms with E-state index in [0.29, 0.717) is 12.1 Å². The number of nitrogens with zero attached hydrogens (tertiary/aromatic N) is 1. The van der Waals surface area contributed by atoms with Gasteiger partial charge in [0, 0.05) is 5.69 Å². The maximum absolute atomic E-state index is 12.3. The minimum Gasteiger partial charge on any atom is -0.497 e. The number of anilines is 1. The van der Waals surface area contributed by atoms with Gasteiger partial charge in [0.2, 0.25) is 5.91 Å². The molecule has 4 nitrogen and oxygen atoms in total. The first-order valence-electron chi connectivity index (χ1n) is 7.44. The molecule has 0 saturated carbocycles. The van der Waals surface area contributed by atoms with Crippen molar-refractivity contribution in [1.82, 2.24) is 0 Å². The van der Waals surface area contributed by atoms with Crippen LogP contribution in [0.4, 0.5) is 5.69 Å². The summed E-state index contributed by atoms with van der Waals surface area (Å²) in [5.74, 6) is -0.265. The average molecular weight is 308 g/mol. The highest BCUT2D eigenvalue weighted by Crippen LogP contribution is 2.18. The van der Waals surface area contributed by atoms with Gasteiger partial charge in [-0.15, -0.1) is 0 Å². The number of carbonyl (C=O) groups excluding carboxylic acids is 1. The lowest BCUT2D eigenvalue weighted by Gasteiger charge is -2.12. The fourth-order valence-electron chi connectivity index (χ4n) is 2.24. The second-order valence-corrected chi connectivity index (χ2v) is 5.52. The molecule has 4 heteroatoms. The van der Waals surface area contributed by atoms with Crippen molar-refractivity contribution in [2.75, 3.05) is 12.4 Å². The van der Waals surface area contributed by atoms with Gasteiger partial charge in [-0.25, -0.2) is 0 Å². The Morgan fingerprint density at radius 2 is 1.87 bits per heavy atom. The van der Waals surface area contributed by atoms with E-state index < -0.39 is 5.92 Å². The third kappa shape index (κ3) is 4.33. The van der Waals surface area contributed by atoms with E-state index in [2.05, 4.69) is 11.4 Å². The predicted octanol–water partition coefficient (Wildman–Crippen LogP) is 3.63. The number of ether oxygens (including phenoxy) is 1. The molecule has 0 aliphatic heterocycles. The third-order valence-electron chi connectivity index (χ3n) is 3.85. The largest absolute Gasteiger partial charge is 0.497 e. The first-order valence-corrected chi connectivity index (χ1v) is 7.44. The van der Waals surface area contributed by atoms with E-state index in [1.54, 1.807) is 7.11 Å². The van der Waals surface area contributed by atoms with Crippen LogP contribution in [0.1, 0.15) is 16.7 Å². The molecule has 23 heavy (non-hydrogen) atoms. The zero-order chi connectivity index (χ0) is 16.8. The molecule has 1 atom stereocenters. The lowest BCUT2D eigenvalue weighted by atomic mass is 9.99. The number of carbonyl (C=O) groups is 1. The molecule has 118 valence electrons. The van der Waals surface area contributed by atoms with Crippen LogP contribution in [-0.2, 0) is 11.2 Å². The molecule has 2 aromatic carbocycles. The van der Waals surface area contributed by atoms with Crippen molar-refractivity contribution in [3.63, 3.8) is 0 Å². The zero-order valence-corrected chi connectivity index (χ0v) is 13.6. The van der Waals surface area contributed by atoms with Crippen LogP contribution in [0.25, 0.3) is 0 Å². The number of benzene rings is 2. The number of hydrogen-bond donors (Lipinski definition) is 1. The lowest BCUT2D eigenvalue weighted by molar-refractivity contribution is -0.118. The molecule has 0 heterocycles. The number of nitriles is 1. The number of nitrogens with one attached hydrogen (secondary N) is 1. The highest BCUT2D eigenvalue weighted by atomic mass is 16.5. The van der Waals surface area contributed by atoms with Crippen LogP contribution in [0.15, 0.2) is 42.5 Å². The van der Waals surface area contributed by atoms with Gasteiger partial charge in [-0.3, -0.25) is 4.79 Å². The maximum atomic E-state index is 12.3. The molecule has 1 N–H and O–H groups in total. The Bertz CT molecular complexity index is 730. The fraction of sp³-hybridized carbons (Fsp3) is 0.263. The number of amides is 1. The standard InChI is InChI=1S/C19H20N2O2/c1-13-4-7-17(10-14(13)2)21-19(22)16(12-20)11-15-5-8-18(23-3)9-6-15/h4-10,16H,11H2,1-3H3,(H,21,22)/t16-/m1/s1. The van der Waals surface area contributed by atoms with E-state index in [1.165, 1.54) is 0 Å². The van der Waals surface area contributed by atoms with Crippen molar-refractivity contribution in [3.05, 3.63) is 59.2 Å². The summed E-state index contributed by atoms with van der Waals surface area (Å²) < 4.78 is 5.10. The number of hydrogen-bond acceptors (Lipinski definition) is 3. The average Bonchev–Trinajstić information content (AvgIpc) is 2.56. The zero-order valence-electron chi connectivity index (χ0n) is 13.6. The van der Waals surface area contributed by atoms with Crippen LogP contribution in [0.2, 0.25) is 0 Å². The summed E-state index contributed by atoms with van der Waals surface area (Å²) >= 11 is 0. The van der Waals surface area contributed by atoms with Crippen LogP contribution in [0, 0.1) is 31.1 Å². The Labute approximate surface area is 136 Å². The second kappa shape index (κ2) is 7.46. The molecule has 0 unspecified atom stereocenters. The normalized spacial score (nSPS) is 11.4. The smallest absolute Gasteiger partial charge is 0.242 e. The minimum atomic E-state index is -0.731. The van der Waals surface area contributed by atoms with Gasteiger partial charge < -0.3 is 10.1 Å². The van der Waals surface area contributed by atoms with Gasteiger partial charge in [0.15, 0.2) is 0 Å². The summed E-state index contributed by atoms with van der Waals surface area (Å²) in [5, 5.41) is 12.1. The van der Waals surface area contributed by atoms with Crippen LogP contribution in [0.3, 0.4) is 0 Å². The Morgan fingerprint density at radius 3 is 2.43 bits per heavy atom. The Hall–Kier alpha value is -2.80. The van der Waals surface area contributed by atoms with Crippen molar-refractivity contribution in [2.45, 2.75) is 20.3 Å². The summed E-state index contributed by atoms with van der Waals surface area (Å²) in [6.07, 6.45) is 0.372. The van der Waals surface area contributed by atoms with E-state index in [-0.39, 0.29) is 5.91 Å². The number of methoxy groups -OCH3 is 1. The van der Waals surface area contributed by atoms with Crippen LogP contribution < -0.4 is 10.1 Å². The first-order chi connectivity index (χ1) is 11.0. The lowest BCUT2D eigenvalue weighted by Crippen LogP contribution is -2.23. The fourth-order valence-corrected chi connectivity index (χ4v) is 2.24. The molecule has 0 spiro atoms. The highest BCUT2D eigenvalue weighted by molar-refractivity contribution is 5.94. The summed E-state index contributed by atoms with van der Waals surface area (Å²) in [4.78, 5) is 12.3. The van der Waals surface area contributed by atoms with Crippen molar-refractivity contribution in [3.8, 4) is 11.8 Å². The SMILES string of the molecule is COc1ccc(C[C@H](C#N)C(=O)Nc2ccc(C)c(C)c2)cc1. The Balaban J connectivity index is 2.05. The van der Waals surface area contributed by atoms with Crippen molar-refractivity contribution in [2.24, 2.45) is 5.92 Å². The molecule has 0 bridgehead atoms. The van der Waals surface area contributed by atoms with Gasteiger partial charge in [0.05, 0.1) is 13.2 Å². The number of rotatable bonds is 5. The first kappa shape index (κ1) is 16.6. The summed E-state index contributed by atoms with van der Waals surface area (Å²) in [6.45, 7) is 4.01. The van der Waals surface area contributed by atoms with Gasteiger partial charge in [-0.2, -0.15) is 5.26 Å². The third-order valence-corrected chi connectivity index (χ3v) is 3.85. The van der Waals surface area contributed by atoms with Crippen LogP contribution in [-0.4, -0.2) is 13.0 Å². The van der Waals surface area contributed by atoms with E-state index in [4.69, 9.17) is 4.74 Å². The van der Waals surface area contributed by atoms with Crippen molar-refractivity contribution < 1.29 is 9.53 Å². The summed E-state index contributed by atoms with van der Waals surface area (Å²) in [6, 6.07) is 15.2. The van der Waals surface area contributed by atoms with E-state index in [9.17, 15) is 10.1 Å². The minimum absolute atomic E-state index is 0.286. The Kier molecular flexibility index (Phi) is 5.37. The molecule has 0 aliphatic carbocycles. The van der Waals surface area contributed by atoms with Gasteiger partial charge in [-0.1, -0.05) is 18.2 Å². The highest BCUT2D eigenvalue weighted by Gasteiger charge is 2.18. The predicted molar refractivity (Wildman–Crippen MR) is 90.3 cm³/mol. The van der Waals surface area contributed by atoms with Crippen LogP contribution >= 0.6 is 0 Å². The van der Waals surface area contributed by atoms with Gasteiger partial charge in [-0.05, 0) is 61.2 Å². The molecule has 0 aromatic heterocycles. The molecule has 2 aromatic rings. The summed E-state index contributed by atoms with van der Waals surface area (Å²) in [5.41, 5.74) is 3.91. The molecular formula is C19H20N2O2. The van der Waals surface area contributed by atoms with E-state index >= 15 is 0 Å². The molecule has 0 radical (unpaired) electrons. The molecule has 0 saturated heterocycles. The van der Waals surface area contributed by atoms with E-state index in [0.717, 1.165) is 22.4 Å². The van der Waals surface area contributed by atoms with Gasteiger partial charge in [0.25, 0.3) is 0 Å². The molecule has 0 fully saturated rings. The quantitative estimate of drug-likeness (QED) is 0.917. The second-order valence-electron chi connectivity index (χ2n) is 5.52. The summed E-state index contributed by atoms with van der Waals surface area (Å²) in [7, 11) is 1.60. The Morgan fingerprint density at radius 1 is 1.17 bits per heavy atom. The van der Waals surface area contributed by atoms with Crippen molar-refractivity contribution in [1.29, 1.82) is 5.26 Å². The van der Waals surface area contributed by atoms with Crippen molar-refractivity contribution >= 4 is 11.6 Å². The topological polar surface area (TPSA) is 62.1 Å². The molecular weight excluding hydrogens is 288 g/mol. The number of aryl methyl sites for hydroxylation is 2. The van der Waals surface area contributed by atoms with Crippen LogP contribution in [0.5, 0.6) is 5.75 Å². The molecule has 0 aliphatic rings. The maximum Gasteiger partial charge on any atom is 0.242 e. The monoisotopic (exact) mass is 308 g/mol. The van der Waals surface area contributed by atoms with Gasteiger partial charge in [0.1, 0.15) is 11.7 Å². The van der Waals surface area contributed by atoms with E-state index in [1.807, 2.05) is 56.3 Å². The molecule has 1 amide bonds. The van der Waals surface area contributed by atoms with Gasteiger partial charge >= 0.3 is 0 Å².